The first-order valence-corrected chi connectivity index (χ1v) is 31.3. The highest BCUT2D eigenvalue weighted by atomic mass is 79.9. The smallest absolute Gasteiger partial charge is 0.399 e. The molecule has 1 aliphatic rings. The van der Waals surface area contributed by atoms with Gasteiger partial charge in [-0.25, -0.2) is 0 Å². The largest absolute Gasteiger partial charge is 0.496 e. The second kappa shape index (κ2) is 20.8. The highest BCUT2D eigenvalue weighted by molar-refractivity contribution is 9.10. The topological polar surface area (TPSA) is 18.5 Å². The molecule has 436 valence electrons. The lowest BCUT2D eigenvalue weighted by molar-refractivity contribution is 0.00578. The summed E-state index contributed by atoms with van der Waals surface area (Å²) in [5.41, 5.74) is 16.7. The quantitative estimate of drug-likeness (QED) is 0.130. The van der Waals surface area contributed by atoms with Crippen LogP contribution in [0.1, 0.15) is 238 Å². The van der Waals surface area contributed by atoms with E-state index in [2.05, 4.69) is 319 Å². The van der Waals surface area contributed by atoms with Crippen molar-refractivity contribution in [1.82, 2.24) is 0 Å². The fourth-order valence-corrected chi connectivity index (χ4v) is 12.1. The number of benzene rings is 8. The molecule has 0 spiro atoms. The predicted molar refractivity (Wildman–Crippen MR) is 367 cm³/mol. The molecule has 4 heteroatoms. The van der Waals surface area contributed by atoms with Crippen LogP contribution in [0.2, 0.25) is 0 Å². The second-order valence-corrected chi connectivity index (χ2v) is 34.5. The Morgan fingerprint density at radius 1 is 0.280 bits per heavy atom. The van der Waals surface area contributed by atoms with Crippen molar-refractivity contribution in [3.8, 4) is 22.3 Å². The van der Waals surface area contributed by atoms with Crippen molar-refractivity contribution < 1.29 is 9.31 Å². The van der Waals surface area contributed by atoms with Crippen molar-refractivity contribution >= 4 is 71.6 Å². The van der Waals surface area contributed by atoms with E-state index in [-0.39, 0.29) is 43.3 Å². The lowest BCUT2D eigenvalue weighted by Gasteiger charge is -2.32. The van der Waals surface area contributed by atoms with Crippen LogP contribution in [0.5, 0.6) is 0 Å². The Hall–Kier alpha value is -4.74. The molecule has 1 heterocycles. The highest BCUT2D eigenvalue weighted by Crippen LogP contribution is 2.48. The molecule has 0 saturated carbocycles. The molecular weight excluding hydrogens is 1060 g/mol. The second-order valence-electron chi connectivity index (χ2n) is 33.7. The summed E-state index contributed by atoms with van der Waals surface area (Å²) in [6.45, 7) is 64.1. The Morgan fingerprint density at radius 2 is 0.500 bits per heavy atom. The maximum absolute atomic E-state index is 6.81. The monoisotopic (exact) mass is 1160 g/mol. The molecule has 0 atom stereocenters. The van der Waals surface area contributed by atoms with E-state index in [4.69, 9.17) is 9.31 Å². The molecule has 0 radical (unpaired) electrons. The van der Waals surface area contributed by atoms with Crippen LogP contribution in [0.4, 0.5) is 0 Å². The summed E-state index contributed by atoms with van der Waals surface area (Å²) < 4.78 is 14.8. The molecule has 82 heavy (non-hydrogen) atoms. The van der Waals surface area contributed by atoms with Gasteiger partial charge >= 0.3 is 7.12 Å². The number of rotatable bonds is 3. The number of halogens is 1. The summed E-state index contributed by atoms with van der Waals surface area (Å²) in [6, 6.07) is 42.9. The molecule has 1 aliphatic heterocycles. The lowest BCUT2D eigenvalue weighted by Crippen LogP contribution is -2.41. The van der Waals surface area contributed by atoms with Crippen LogP contribution in [-0.2, 0) is 52.6 Å². The van der Waals surface area contributed by atoms with E-state index in [1.165, 1.54) is 114 Å². The van der Waals surface area contributed by atoms with E-state index in [1.807, 2.05) is 0 Å². The number of hydrogen-bond donors (Lipinski definition) is 0. The van der Waals surface area contributed by atoms with Gasteiger partial charge in [0.2, 0.25) is 0 Å². The first-order valence-electron chi connectivity index (χ1n) is 30.5. The van der Waals surface area contributed by atoms with Gasteiger partial charge in [-0.15, -0.1) is 0 Å². The maximum atomic E-state index is 6.81. The molecule has 0 N–H and O–H groups in total. The highest BCUT2D eigenvalue weighted by Gasteiger charge is 2.53. The first kappa shape index (κ1) is 63.3. The normalized spacial score (nSPS) is 15.7. The van der Waals surface area contributed by atoms with Crippen molar-refractivity contribution in [1.29, 1.82) is 0 Å². The Kier molecular flexibility index (Phi) is 16.0. The number of hydrogen-bond acceptors (Lipinski definition) is 2. The van der Waals surface area contributed by atoms with Crippen LogP contribution in [0.25, 0.3) is 65.3 Å². The Bertz CT molecular complexity index is 3540. The van der Waals surface area contributed by atoms with E-state index < -0.39 is 18.3 Å². The van der Waals surface area contributed by atoms with Crippen LogP contribution < -0.4 is 5.46 Å². The third-order valence-corrected chi connectivity index (χ3v) is 18.9. The van der Waals surface area contributed by atoms with Crippen molar-refractivity contribution in [2.45, 2.75) is 248 Å². The number of fused-ring (bicyclic) bond motifs is 4. The minimum Gasteiger partial charge on any atom is -0.399 e. The third kappa shape index (κ3) is 12.5. The van der Waals surface area contributed by atoms with Gasteiger partial charge in [0.25, 0.3) is 0 Å². The zero-order valence-corrected chi connectivity index (χ0v) is 57.8. The Balaban J connectivity index is 0.000000219. The van der Waals surface area contributed by atoms with Crippen LogP contribution in [-0.4, -0.2) is 18.3 Å². The average Bonchev–Trinajstić information content (AvgIpc) is 3.75. The minimum atomic E-state index is -0.471. The minimum absolute atomic E-state index is 0.00199. The van der Waals surface area contributed by atoms with Crippen molar-refractivity contribution in [2.75, 3.05) is 0 Å². The van der Waals surface area contributed by atoms with Gasteiger partial charge in [0.15, 0.2) is 0 Å². The summed E-state index contributed by atoms with van der Waals surface area (Å²) in [4.78, 5) is 0. The molecule has 0 unspecified atom stereocenters. The molecule has 8 aromatic carbocycles. The van der Waals surface area contributed by atoms with Crippen molar-refractivity contribution in [2.24, 2.45) is 0 Å². The summed E-state index contributed by atoms with van der Waals surface area (Å²) in [5.74, 6) is 0. The fraction of sp³-hybridized carbons (Fsp3) is 0.487. The van der Waals surface area contributed by atoms with Gasteiger partial charge in [0.1, 0.15) is 0 Å². The average molecular weight is 1160 g/mol. The molecule has 1 fully saturated rings. The molecule has 1 saturated heterocycles. The van der Waals surface area contributed by atoms with Crippen LogP contribution in [0, 0.1) is 0 Å². The summed E-state index contributed by atoms with van der Waals surface area (Å²) >= 11 is 4.03. The van der Waals surface area contributed by atoms with Crippen LogP contribution >= 0.6 is 15.9 Å². The summed E-state index contributed by atoms with van der Waals surface area (Å²) in [6.07, 6.45) is 0. The summed E-state index contributed by atoms with van der Waals surface area (Å²) in [7, 11) is -0.471. The van der Waals surface area contributed by atoms with E-state index in [0.717, 1.165) is 5.46 Å². The van der Waals surface area contributed by atoms with Crippen LogP contribution in [0.15, 0.2) is 114 Å². The molecule has 0 bridgehead atoms. The SMILES string of the molecule is CC(C)(C)c1cc(-c2c3cc(C(C)(C)C)ccc3c(B3OC(C)(C)C(C)(C)O3)c3ccc(C(C)(C)C)cc23)cc(C(C)(C)C)c1.CC(C)(C)c1cc(-c2c3cc(C(C)(C)C)ccc3c(Br)c3ccc(C(C)(C)C)cc23)cc(C(C)(C)C)c1. The van der Waals surface area contributed by atoms with Gasteiger partial charge in [-0.1, -0.05) is 251 Å². The Morgan fingerprint density at radius 3 is 0.732 bits per heavy atom. The molecule has 0 amide bonds. The van der Waals surface area contributed by atoms with Gasteiger partial charge < -0.3 is 9.31 Å². The maximum Gasteiger partial charge on any atom is 0.496 e. The molecule has 0 aliphatic carbocycles. The van der Waals surface area contributed by atoms with Gasteiger partial charge in [-0.05, 0) is 227 Å². The van der Waals surface area contributed by atoms with Crippen molar-refractivity contribution in [3.05, 3.63) is 158 Å². The first-order chi connectivity index (χ1) is 37.1. The standard InChI is InChI=1S/C42H57BO2.C36H45Br/c1-37(2,3)27-17-19-31-33(24-27)35(26-21-29(39(7,8)9)23-30(22-26)40(10,11)12)34-25-28(38(4,5)6)18-20-32(34)36(31)43-44-41(13,14)42(15,16)45-43;1-33(2,3)23-13-15-27-29(20-23)31(30-21-24(34(4,5)6)14-16-28(30)32(27)37)22-17-25(35(7,8)9)19-26(18-22)36(10,11)12/h17-25H,1-16H3;13-21H,1-12H3. The molecule has 8 aromatic rings. The third-order valence-electron chi connectivity index (χ3n) is 18.1. The van der Waals surface area contributed by atoms with Crippen LogP contribution in [0.3, 0.4) is 0 Å². The van der Waals surface area contributed by atoms with E-state index in [1.54, 1.807) is 0 Å². The fourth-order valence-electron chi connectivity index (χ4n) is 11.4. The zero-order chi connectivity index (χ0) is 61.4. The van der Waals surface area contributed by atoms with Gasteiger partial charge in [-0.2, -0.15) is 0 Å². The van der Waals surface area contributed by atoms with E-state index in [0.29, 0.717) is 0 Å². The van der Waals surface area contributed by atoms with Crippen molar-refractivity contribution in [3.63, 3.8) is 0 Å². The Labute approximate surface area is 506 Å². The predicted octanol–water partition coefficient (Wildman–Crippen LogP) is 22.8. The summed E-state index contributed by atoms with van der Waals surface area (Å²) in [5, 5.41) is 10.1. The lowest BCUT2D eigenvalue weighted by atomic mass is 9.69. The molecular formula is C78H102BBrO2. The molecule has 9 rings (SSSR count). The molecule has 2 nitrogen and oxygen atoms in total. The van der Waals surface area contributed by atoms with E-state index >= 15 is 0 Å². The van der Waals surface area contributed by atoms with Gasteiger partial charge in [0.05, 0.1) is 11.2 Å². The molecule has 0 aromatic heterocycles. The van der Waals surface area contributed by atoms with Gasteiger partial charge in [0, 0.05) is 4.47 Å². The zero-order valence-electron chi connectivity index (χ0n) is 56.2. The van der Waals surface area contributed by atoms with Gasteiger partial charge in [-0.3, -0.25) is 0 Å². The van der Waals surface area contributed by atoms with E-state index in [9.17, 15) is 0 Å².